The van der Waals surface area contributed by atoms with Crippen molar-refractivity contribution in [3.63, 3.8) is 0 Å². The minimum absolute atomic E-state index is 0.0259. The number of urea groups is 1. The van der Waals surface area contributed by atoms with Gasteiger partial charge < -0.3 is 9.80 Å². The first-order valence-electron chi connectivity index (χ1n) is 13.2. The second-order valence-electron chi connectivity index (χ2n) is 12.1. The number of hydrogen-bond acceptors (Lipinski definition) is 4. The summed E-state index contributed by atoms with van der Waals surface area (Å²) in [5.74, 6) is 0.375. The molecule has 1 spiro atoms. The highest BCUT2D eigenvalue weighted by molar-refractivity contribution is 6.02. The Morgan fingerprint density at radius 2 is 1.54 bits per heavy atom. The lowest BCUT2D eigenvalue weighted by Gasteiger charge is -2.51. The van der Waals surface area contributed by atoms with Gasteiger partial charge in [0.2, 0.25) is 11.8 Å². The Balaban J connectivity index is 1.39. The Morgan fingerprint density at radius 1 is 0.943 bits per heavy atom. The Kier molecular flexibility index (Phi) is 5.98. The van der Waals surface area contributed by atoms with E-state index in [4.69, 9.17) is 0 Å². The van der Waals surface area contributed by atoms with Crippen molar-refractivity contribution < 1.29 is 14.4 Å². The van der Waals surface area contributed by atoms with Gasteiger partial charge >= 0.3 is 6.03 Å². The van der Waals surface area contributed by atoms with Crippen LogP contribution < -0.4 is 0 Å². The van der Waals surface area contributed by atoms with Crippen molar-refractivity contribution in [1.82, 2.24) is 19.6 Å². The lowest BCUT2D eigenvalue weighted by molar-refractivity contribution is -0.144. The summed E-state index contributed by atoms with van der Waals surface area (Å²) in [4.78, 5) is 46.6. The van der Waals surface area contributed by atoms with Crippen molar-refractivity contribution in [2.75, 3.05) is 33.7 Å². The molecule has 4 amide bonds. The molecular formula is C28H40N4O3. The second kappa shape index (κ2) is 8.61. The summed E-state index contributed by atoms with van der Waals surface area (Å²) in [6.45, 7) is 5.74. The molecule has 2 aliphatic heterocycles. The predicted octanol–water partition coefficient (Wildman–Crippen LogP) is 3.83. The van der Waals surface area contributed by atoms with Crippen molar-refractivity contribution in [2.45, 2.75) is 81.8 Å². The minimum atomic E-state index is -0.705. The zero-order chi connectivity index (χ0) is 25.0. The maximum Gasteiger partial charge on any atom is 0.320 e. The van der Waals surface area contributed by atoms with E-state index in [0.717, 1.165) is 32.2 Å². The van der Waals surface area contributed by atoms with E-state index in [9.17, 15) is 14.4 Å². The molecule has 1 aromatic carbocycles. The third-order valence-electron chi connectivity index (χ3n) is 9.11. The Morgan fingerprint density at radius 3 is 2.09 bits per heavy atom. The fraction of sp³-hybridized carbons (Fsp3) is 0.679. The highest BCUT2D eigenvalue weighted by atomic mass is 16.2. The van der Waals surface area contributed by atoms with Crippen molar-refractivity contribution in [1.29, 1.82) is 0 Å². The second-order valence-corrected chi connectivity index (χ2v) is 12.1. The number of rotatable bonds is 7. The summed E-state index contributed by atoms with van der Waals surface area (Å²) < 4.78 is 0. The van der Waals surface area contributed by atoms with Gasteiger partial charge in [-0.2, -0.15) is 0 Å². The van der Waals surface area contributed by atoms with Gasteiger partial charge in [-0.25, -0.2) is 4.79 Å². The molecule has 7 nitrogen and oxygen atoms in total. The molecule has 2 saturated heterocycles. The Labute approximate surface area is 209 Å². The number of imide groups is 1. The molecule has 2 aliphatic carbocycles. The van der Waals surface area contributed by atoms with Crippen LogP contribution in [-0.4, -0.2) is 82.3 Å². The quantitative estimate of drug-likeness (QED) is 0.557. The van der Waals surface area contributed by atoms with Crippen molar-refractivity contribution in [3.8, 4) is 0 Å². The van der Waals surface area contributed by atoms with Crippen LogP contribution in [0.5, 0.6) is 0 Å². The fourth-order valence-electron chi connectivity index (χ4n) is 6.92. The van der Waals surface area contributed by atoms with Crippen molar-refractivity contribution in [3.05, 3.63) is 35.9 Å². The largest absolute Gasteiger partial charge is 0.320 e. The van der Waals surface area contributed by atoms with E-state index in [2.05, 4.69) is 54.2 Å². The predicted molar refractivity (Wildman–Crippen MR) is 135 cm³/mol. The number of likely N-dealkylation sites (tertiary alicyclic amines) is 1. The summed E-state index contributed by atoms with van der Waals surface area (Å²) in [6.07, 6.45) is 6.87. The molecular weight excluding hydrogens is 440 g/mol. The molecule has 0 unspecified atom stereocenters. The molecule has 2 saturated carbocycles. The first kappa shape index (κ1) is 24.3. The first-order valence-corrected chi connectivity index (χ1v) is 13.2. The van der Waals surface area contributed by atoms with Gasteiger partial charge in [-0.1, -0.05) is 30.3 Å². The number of benzene rings is 1. The molecule has 5 rings (SSSR count). The molecule has 0 atom stereocenters. The monoisotopic (exact) mass is 480 g/mol. The normalized spacial score (nSPS) is 29.9. The topological polar surface area (TPSA) is 64.2 Å². The van der Waals surface area contributed by atoms with Crippen molar-refractivity contribution in [2.24, 2.45) is 5.92 Å². The molecule has 0 bridgehead atoms. The molecule has 1 aromatic rings. The van der Waals surface area contributed by atoms with Gasteiger partial charge in [0.05, 0.1) is 11.1 Å². The van der Waals surface area contributed by atoms with E-state index in [1.165, 1.54) is 23.3 Å². The lowest BCUT2D eigenvalue weighted by Crippen LogP contribution is -2.56. The van der Waals surface area contributed by atoms with Gasteiger partial charge in [-0.05, 0) is 77.9 Å². The number of carbonyl (C=O) groups excluding carboxylic acids is 3. The molecule has 35 heavy (non-hydrogen) atoms. The van der Waals surface area contributed by atoms with E-state index < -0.39 is 5.54 Å². The molecule has 4 fully saturated rings. The van der Waals surface area contributed by atoms with Crippen LogP contribution in [0.4, 0.5) is 4.79 Å². The molecule has 4 aliphatic rings. The average molecular weight is 481 g/mol. The summed E-state index contributed by atoms with van der Waals surface area (Å²) in [7, 11) is 4.34. The van der Waals surface area contributed by atoms with E-state index in [1.54, 1.807) is 0 Å². The highest BCUT2D eigenvalue weighted by Crippen LogP contribution is 2.50. The van der Waals surface area contributed by atoms with Crippen LogP contribution in [-0.2, 0) is 15.1 Å². The lowest BCUT2D eigenvalue weighted by atomic mass is 9.68. The molecule has 0 aromatic heterocycles. The zero-order valence-electron chi connectivity index (χ0n) is 21.8. The zero-order valence-corrected chi connectivity index (χ0v) is 21.8. The van der Waals surface area contributed by atoms with Gasteiger partial charge in [0.25, 0.3) is 0 Å². The third-order valence-corrected chi connectivity index (χ3v) is 9.11. The van der Waals surface area contributed by atoms with Gasteiger partial charge in [0, 0.05) is 38.0 Å². The molecule has 190 valence electrons. The third kappa shape index (κ3) is 4.15. The standard InChI is InChI=1S/C28H40N4O3/c1-26(2,32-23(33)12-13-24(32)34)19-30-20-27(31(25(30)35)18-21-10-11-21)14-16-28(17-15-27,29(3)4)22-8-6-5-7-9-22/h5-9,21H,10-20H2,1-4H3. The molecule has 0 N–H and O–H groups in total. The van der Waals surface area contributed by atoms with Crippen LogP contribution in [0.3, 0.4) is 0 Å². The summed E-state index contributed by atoms with van der Waals surface area (Å²) in [6, 6.07) is 10.9. The Hall–Kier alpha value is -2.41. The van der Waals surface area contributed by atoms with Gasteiger partial charge in [-0.3, -0.25) is 19.4 Å². The summed E-state index contributed by atoms with van der Waals surface area (Å²) in [5, 5.41) is 0. The average Bonchev–Trinajstić information content (AvgIpc) is 3.53. The number of hydrogen-bond donors (Lipinski definition) is 0. The minimum Gasteiger partial charge on any atom is -0.320 e. The number of carbonyl (C=O) groups is 3. The van der Waals surface area contributed by atoms with Crippen LogP contribution in [0.2, 0.25) is 0 Å². The number of nitrogens with zero attached hydrogens (tertiary/aromatic N) is 4. The van der Waals surface area contributed by atoms with E-state index in [-0.39, 0.29) is 41.8 Å². The molecule has 2 heterocycles. The van der Waals surface area contributed by atoms with Crippen LogP contribution in [0.15, 0.2) is 30.3 Å². The number of amides is 4. The van der Waals surface area contributed by atoms with Crippen LogP contribution in [0, 0.1) is 5.92 Å². The highest BCUT2D eigenvalue weighted by Gasteiger charge is 2.56. The summed E-state index contributed by atoms with van der Waals surface area (Å²) in [5.41, 5.74) is 0.440. The van der Waals surface area contributed by atoms with Crippen LogP contribution in [0.25, 0.3) is 0 Å². The molecule has 0 radical (unpaired) electrons. The SMILES string of the molecule is CN(C)C1(c2ccccc2)CCC2(CC1)CN(CC(C)(C)N1C(=O)CCC1=O)C(=O)N2CC1CC1. The maximum atomic E-state index is 13.8. The fourth-order valence-corrected chi connectivity index (χ4v) is 6.92. The van der Waals surface area contributed by atoms with E-state index >= 15 is 0 Å². The Bertz CT molecular complexity index is 977. The van der Waals surface area contributed by atoms with Gasteiger partial charge in [0.1, 0.15) is 0 Å². The van der Waals surface area contributed by atoms with E-state index in [0.29, 0.717) is 19.0 Å². The molecule has 7 heteroatoms. The van der Waals surface area contributed by atoms with E-state index in [1.807, 2.05) is 18.7 Å². The van der Waals surface area contributed by atoms with Crippen LogP contribution in [0.1, 0.15) is 70.8 Å². The van der Waals surface area contributed by atoms with Crippen LogP contribution >= 0.6 is 0 Å². The van der Waals surface area contributed by atoms with Gasteiger partial charge in [0.15, 0.2) is 0 Å². The van der Waals surface area contributed by atoms with Crippen molar-refractivity contribution >= 4 is 17.8 Å². The smallest absolute Gasteiger partial charge is 0.320 e. The summed E-state index contributed by atoms with van der Waals surface area (Å²) >= 11 is 0. The first-order chi connectivity index (χ1) is 16.6. The maximum absolute atomic E-state index is 13.8. The van der Waals surface area contributed by atoms with Gasteiger partial charge in [-0.15, -0.1) is 0 Å².